The molecule has 3 heteroatoms. The van der Waals surface area contributed by atoms with Crippen molar-refractivity contribution in [2.24, 2.45) is 5.92 Å². The van der Waals surface area contributed by atoms with Crippen molar-refractivity contribution in [1.82, 2.24) is 0 Å². The second-order valence-corrected chi connectivity index (χ2v) is 7.11. The zero-order valence-electron chi connectivity index (χ0n) is 16.4. The Balaban J connectivity index is 2.04. The highest BCUT2D eigenvalue weighted by atomic mass is 16.6. The van der Waals surface area contributed by atoms with Gasteiger partial charge in [-0.2, -0.15) is 0 Å². The predicted molar refractivity (Wildman–Crippen MR) is 104 cm³/mol. The third kappa shape index (κ3) is 10.3. The molecular weight excluding hydrogens is 312 g/mol. The standard InChI is InChI=1S/C22H36O3/c1-4-12-20-14-9-10-15-21(20)22(23)25-18-17-24-16-11-7-5-6-8-13-19(2)3/h9-10,14-15,19H,4-8,11-13,16-18H2,1-3H3. The number of hydrogen-bond acceptors (Lipinski definition) is 3. The molecule has 0 atom stereocenters. The second-order valence-electron chi connectivity index (χ2n) is 7.11. The molecule has 0 unspecified atom stereocenters. The van der Waals surface area contributed by atoms with Crippen LogP contribution < -0.4 is 0 Å². The number of aryl methyl sites for hydroxylation is 1. The molecule has 0 N–H and O–H groups in total. The van der Waals surface area contributed by atoms with E-state index in [0.717, 1.165) is 37.4 Å². The van der Waals surface area contributed by atoms with Gasteiger partial charge in [0.25, 0.3) is 0 Å². The van der Waals surface area contributed by atoms with Gasteiger partial charge in [0.2, 0.25) is 0 Å². The minimum atomic E-state index is -0.238. The maximum Gasteiger partial charge on any atom is 0.338 e. The molecular formula is C22H36O3. The molecule has 0 saturated carbocycles. The molecule has 1 aromatic rings. The van der Waals surface area contributed by atoms with E-state index in [0.29, 0.717) is 18.8 Å². The lowest BCUT2D eigenvalue weighted by molar-refractivity contribution is 0.0311. The second kappa shape index (κ2) is 13.9. The average Bonchev–Trinajstić information content (AvgIpc) is 2.60. The van der Waals surface area contributed by atoms with Gasteiger partial charge < -0.3 is 9.47 Å². The van der Waals surface area contributed by atoms with Crippen molar-refractivity contribution in [3.05, 3.63) is 35.4 Å². The first-order valence-corrected chi connectivity index (χ1v) is 9.98. The lowest BCUT2D eigenvalue weighted by Crippen LogP contribution is -2.13. The molecule has 25 heavy (non-hydrogen) atoms. The topological polar surface area (TPSA) is 35.5 Å². The molecule has 0 aliphatic carbocycles. The van der Waals surface area contributed by atoms with Crippen LogP contribution in [0.4, 0.5) is 0 Å². The molecule has 0 heterocycles. The Morgan fingerprint density at radius 3 is 2.44 bits per heavy atom. The van der Waals surface area contributed by atoms with Gasteiger partial charge in [-0.05, 0) is 30.4 Å². The first-order chi connectivity index (χ1) is 12.1. The lowest BCUT2D eigenvalue weighted by Gasteiger charge is -2.09. The van der Waals surface area contributed by atoms with Crippen LogP contribution in [-0.2, 0) is 15.9 Å². The number of hydrogen-bond donors (Lipinski definition) is 0. The molecule has 0 radical (unpaired) electrons. The fourth-order valence-electron chi connectivity index (χ4n) is 2.87. The van der Waals surface area contributed by atoms with Crippen LogP contribution in [0.15, 0.2) is 24.3 Å². The Morgan fingerprint density at radius 2 is 1.68 bits per heavy atom. The van der Waals surface area contributed by atoms with Crippen LogP contribution in [0.1, 0.15) is 81.6 Å². The summed E-state index contributed by atoms with van der Waals surface area (Å²) in [6.07, 6.45) is 9.53. The summed E-state index contributed by atoms with van der Waals surface area (Å²) in [6, 6.07) is 7.69. The largest absolute Gasteiger partial charge is 0.460 e. The molecule has 0 saturated heterocycles. The molecule has 0 spiro atoms. The number of rotatable bonds is 14. The van der Waals surface area contributed by atoms with Crippen molar-refractivity contribution in [3.8, 4) is 0 Å². The van der Waals surface area contributed by atoms with E-state index in [-0.39, 0.29) is 5.97 Å². The first kappa shape index (κ1) is 21.7. The van der Waals surface area contributed by atoms with Crippen LogP contribution in [0.3, 0.4) is 0 Å². The number of ether oxygens (including phenoxy) is 2. The van der Waals surface area contributed by atoms with Crippen LogP contribution in [-0.4, -0.2) is 25.8 Å². The number of esters is 1. The van der Waals surface area contributed by atoms with Crippen LogP contribution >= 0.6 is 0 Å². The number of carbonyl (C=O) groups is 1. The van der Waals surface area contributed by atoms with Gasteiger partial charge in [0.1, 0.15) is 6.61 Å². The summed E-state index contributed by atoms with van der Waals surface area (Å²) in [4.78, 5) is 12.1. The van der Waals surface area contributed by atoms with E-state index in [1.165, 1.54) is 32.1 Å². The molecule has 1 aromatic carbocycles. The summed E-state index contributed by atoms with van der Waals surface area (Å²) in [5.41, 5.74) is 1.75. The maximum atomic E-state index is 12.1. The Bertz CT molecular complexity index is 468. The summed E-state index contributed by atoms with van der Waals surface area (Å²) in [5.74, 6) is 0.581. The van der Waals surface area contributed by atoms with Crippen molar-refractivity contribution >= 4 is 5.97 Å². The van der Waals surface area contributed by atoms with Crippen molar-refractivity contribution in [3.63, 3.8) is 0 Å². The quantitative estimate of drug-likeness (QED) is 0.314. The van der Waals surface area contributed by atoms with Crippen LogP contribution in [0.5, 0.6) is 0 Å². The minimum absolute atomic E-state index is 0.238. The van der Waals surface area contributed by atoms with Gasteiger partial charge in [-0.1, -0.05) is 77.5 Å². The van der Waals surface area contributed by atoms with Crippen molar-refractivity contribution in [2.75, 3.05) is 19.8 Å². The van der Waals surface area contributed by atoms with Gasteiger partial charge in [-0.25, -0.2) is 4.79 Å². The van der Waals surface area contributed by atoms with Crippen LogP contribution in [0, 0.1) is 5.92 Å². The lowest BCUT2D eigenvalue weighted by atomic mass is 10.0. The highest BCUT2D eigenvalue weighted by Gasteiger charge is 2.11. The summed E-state index contributed by atoms with van der Waals surface area (Å²) in [7, 11) is 0. The molecule has 0 fully saturated rings. The SMILES string of the molecule is CCCc1ccccc1C(=O)OCCOCCCCCCCC(C)C. The van der Waals surface area contributed by atoms with E-state index < -0.39 is 0 Å². The smallest absolute Gasteiger partial charge is 0.338 e. The Labute approximate surface area is 154 Å². The molecule has 0 aliphatic rings. The van der Waals surface area contributed by atoms with Crippen LogP contribution in [0.2, 0.25) is 0 Å². The Kier molecular flexibility index (Phi) is 12.0. The fourth-order valence-corrected chi connectivity index (χ4v) is 2.87. The molecule has 3 nitrogen and oxygen atoms in total. The summed E-state index contributed by atoms with van der Waals surface area (Å²) in [5, 5.41) is 0. The van der Waals surface area contributed by atoms with Gasteiger partial charge in [0.15, 0.2) is 0 Å². The highest BCUT2D eigenvalue weighted by molar-refractivity contribution is 5.91. The third-order valence-electron chi connectivity index (χ3n) is 4.29. The number of benzene rings is 1. The maximum absolute atomic E-state index is 12.1. The highest BCUT2D eigenvalue weighted by Crippen LogP contribution is 2.13. The van der Waals surface area contributed by atoms with E-state index >= 15 is 0 Å². The minimum Gasteiger partial charge on any atom is -0.460 e. The summed E-state index contributed by atoms with van der Waals surface area (Å²) < 4.78 is 10.9. The molecule has 0 aliphatic heterocycles. The first-order valence-electron chi connectivity index (χ1n) is 9.98. The van der Waals surface area contributed by atoms with Gasteiger partial charge in [0.05, 0.1) is 12.2 Å². The van der Waals surface area contributed by atoms with E-state index in [4.69, 9.17) is 9.47 Å². The summed E-state index contributed by atoms with van der Waals surface area (Å²) >= 11 is 0. The third-order valence-corrected chi connectivity index (χ3v) is 4.29. The zero-order valence-corrected chi connectivity index (χ0v) is 16.4. The van der Waals surface area contributed by atoms with Crippen LogP contribution in [0.25, 0.3) is 0 Å². The monoisotopic (exact) mass is 348 g/mol. The van der Waals surface area contributed by atoms with Crippen molar-refractivity contribution in [1.29, 1.82) is 0 Å². The normalized spacial score (nSPS) is 11.0. The van der Waals surface area contributed by atoms with E-state index in [2.05, 4.69) is 20.8 Å². The molecule has 0 bridgehead atoms. The zero-order chi connectivity index (χ0) is 18.3. The van der Waals surface area contributed by atoms with E-state index in [9.17, 15) is 4.79 Å². The summed E-state index contributed by atoms with van der Waals surface area (Å²) in [6.45, 7) is 8.24. The predicted octanol–water partition coefficient (Wildman–Crippen LogP) is 5.81. The van der Waals surface area contributed by atoms with Crippen molar-refractivity contribution in [2.45, 2.75) is 72.1 Å². The van der Waals surface area contributed by atoms with Gasteiger partial charge in [-0.15, -0.1) is 0 Å². The fraction of sp³-hybridized carbons (Fsp3) is 0.682. The van der Waals surface area contributed by atoms with Gasteiger partial charge in [0, 0.05) is 6.61 Å². The molecule has 0 aromatic heterocycles. The molecule has 0 amide bonds. The van der Waals surface area contributed by atoms with E-state index in [1.807, 2.05) is 24.3 Å². The van der Waals surface area contributed by atoms with Gasteiger partial charge in [-0.3, -0.25) is 0 Å². The Hall–Kier alpha value is -1.35. The van der Waals surface area contributed by atoms with E-state index in [1.54, 1.807) is 0 Å². The number of carbonyl (C=O) groups excluding carboxylic acids is 1. The average molecular weight is 349 g/mol. The van der Waals surface area contributed by atoms with Crippen molar-refractivity contribution < 1.29 is 14.3 Å². The van der Waals surface area contributed by atoms with Gasteiger partial charge >= 0.3 is 5.97 Å². The Morgan fingerprint density at radius 1 is 0.960 bits per heavy atom. The molecule has 1 rings (SSSR count). The number of unbranched alkanes of at least 4 members (excludes halogenated alkanes) is 4. The molecule has 142 valence electrons.